The standard InChI is InChI=1S/C19H28N4O2/c1-3-20-17(23-12-11-19(14-23)9-4-10-19)21-13-15-5-7-16(8-6-15)22-18(24)25-2/h5-8H,3-4,9-14H2,1-2H3,(H,20,21)(H,22,24). The SMILES string of the molecule is CCNC(=NCc1ccc(NC(=O)OC)cc1)N1CCC2(CCC2)C1. The maximum Gasteiger partial charge on any atom is 0.411 e. The Kier molecular flexibility index (Phi) is 5.46. The third-order valence-corrected chi connectivity index (χ3v) is 5.28. The average Bonchev–Trinajstić information content (AvgIpc) is 3.06. The van der Waals surface area contributed by atoms with Crippen LogP contribution in [0.5, 0.6) is 0 Å². The van der Waals surface area contributed by atoms with E-state index in [1.807, 2.05) is 24.3 Å². The molecule has 2 aliphatic rings. The van der Waals surface area contributed by atoms with Gasteiger partial charge in [-0.25, -0.2) is 9.79 Å². The predicted molar refractivity (Wildman–Crippen MR) is 99.8 cm³/mol. The Morgan fingerprint density at radius 3 is 2.60 bits per heavy atom. The first-order chi connectivity index (χ1) is 12.1. The maximum atomic E-state index is 11.2. The Bertz CT molecular complexity index is 623. The Labute approximate surface area is 149 Å². The van der Waals surface area contributed by atoms with Crippen molar-refractivity contribution in [3.05, 3.63) is 29.8 Å². The molecule has 1 aliphatic heterocycles. The van der Waals surface area contributed by atoms with E-state index in [1.54, 1.807) is 0 Å². The number of carbonyl (C=O) groups is 1. The molecule has 1 aromatic rings. The number of methoxy groups -OCH3 is 1. The van der Waals surface area contributed by atoms with Gasteiger partial charge in [0.2, 0.25) is 0 Å². The van der Waals surface area contributed by atoms with Crippen LogP contribution >= 0.6 is 0 Å². The van der Waals surface area contributed by atoms with Crippen LogP contribution in [0.25, 0.3) is 0 Å². The van der Waals surface area contributed by atoms with Crippen LogP contribution in [0.15, 0.2) is 29.3 Å². The summed E-state index contributed by atoms with van der Waals surface area (Å²) in [6.45, 7) is 5.86. The van der Waals surface area contributed by atoms with Crippen molar-refractivity contribution in [3.8, 4) is 0 Å². The van der Waals surface area contributed by atoms with Crippen LogP contribution in [0.3, 0.4) is 0 Å². The van der Waals surface area contributed by atoms with Crippen LogP contribution in [-0.4, -0.2) is 43.7 Å². The van der Waals surface area contributed by atoms with Crippen molar-refractivity contribution in [2.45, 2.75) is 39.2 Å². The van der Waals surface area contributed by atoms with Crippen LogP contribution in [-0.2, 0) is 11.3 Å². The number of nitrogens with one attached hydrogen (secondary N) is 2. The molecule has 0 aromatic heterocycles. The average molecular weight is 344 g/mol. The van der Waals surface area contributed by atoms with Gasteiger partial charge in [0.05, 0.1) is 13.7 Å². The Morgan fingerprint density at radius 2 is 2.04 bits per heavy atom. The third-order valence-electron chi connectivity index (χ3n) is 5.28. The largest absolute Gasteiger partial charge is 0.453 e. The molecule has 3 rings (SSSR count). The number of guanidine groups is 1. The van der Waals surface area contributed by atoms with Gasteiger partial charge >= 0.3 is 6.09 Å². The normalized spacial score (nSPS) is 18.8. The van der Waals surface area contributed by atoms with Crippen LogP contribution in [0.4, 0.5) is 10.5 Å². The second kappa shape index (κ2) is 7.76. The number of benzene rings is 1. The quantitative estimate of drug-likeness (QED) is 0.650. The summed E-state index contributed by atoms with van der Waals surface area (Å²) >= 11 is 0. The zero-order valence-corrected chi connectivity index (χ0v) is 15.2. The monoisotopic (exact) mass is 344 g/mol. The van der Waals surface area contributed by atoms with E-state index in [0.29, 0.717) is 12.0 Å². The summed E-state index contributed by atoms with van der Waals surface area (Å²) in [4.78, 5) is 18.4. The lowest BCUT2D eigenvalue weighted by Crippen LogP contribution is -2.42. The molecule has 1 aliphatic carbocycles. The lowest BCUT2D eigenvalue weighted by Gasteiger charge is -2.38. The Hall–Kier alpha value is -2.24. The number of nitrogens with zero attached hydrogens (tertiary/aromatic N) is 2. The summed E-state index contributed by atoms with van der Waals surface area (Å²) in [6, 6.07) is 7.70. The highest BCUT2D eigenvalue weighted by Gasteiger charge is 2.43. The second-order valence-corrected chi connectivity index (χ2v) is 7.01. The zero-order chi connectivity index (χ0) is 17.7. The van der Waals surface area contributed by atoms with Gasteiger partial charge in [-0.1, -0.05) is 18.6 Å². The van der Waals surface area contributed by atoms with E-state index in [-0.39, 0.29) is 0 Å². The molecule has 0 atom stereocenters. The molecule has 2 N–H and O–H groups in total. The fourth-order valence-electron chi connectivity index (χ4n) is 3.66. The summed E-state index contributed by atoms with van der Waals surface area (Å²) < 4.78 is 4.59. The first-order valence-corrected chi connectivity index (χ1v) is 9.11. The van der Waals surface area contributed by atoms with Crippen molar-refractivity contribution in [3.63, 3.8) is 0 Å². The summed E-state index contributed by atoms with van der Waals surface area (Å²) in [7, 11) is 1.35. The van der Waals surface area contributed by atoms with Crippen LogP contribution in [0, 0.1) is 5.41 Å². The van der Waals surface area contributed by atoms with Gasteiger partial charge in [0.25, 0.3) is 0 Å². The number of amides is 1. The zero-order valence-electron chi connectivity index (χ0n) is 15.2. The van der Waals surface area contributed by atoms with Gasteiger partial charge in [-0.05, 0) is 49.3 Å². The molecule has 136 valence electrons. The third kappa shape index (κ3) is 4.24. The van der Waals surface area contributed by atoms with E-state index in [2.05, 4.69) is 27.2 Å². The van der Waals surface area contributed by atoms with E-state index in [4.69, 9.17) is 4.99 Å². The number of ether oxygens (including phenoxy) is 1. The summed E-state index contributed by atoms with van der Waals surface area (Å²) in [5, 5.41) is 6.08. The molecule has 6 heteroatoms. The number of hydrogen-bond acceptors (Lipinski definition) is 3. The lowest BCUT2D eigenvalue weighted by molar-refractivity contribution is 0.151. The molecule has 0 unspecified atom stereocenters. The topological polar surface area (TPSA) is 66.0 Å². The first kappa shape index (κ1) is 17.6. The fourth-order valence-corrected chi connectivity index (χ4v) is 3.66. The molecule has 1 spiro atoms. The van der Waals surface area contributed by atoms with Gasteiger partial charge in [-0.15, -0.1) is 0 Å². The minimum Gasteiger partial charge on any atom is -0.453 e. The van der Waals surface area contributed by atoms with Crippen molar-refractivity contribution in [1.29, 1.82) is 0 Å². The Morgan fingerprint density at radius 1 is 1.28 bits per heavy atom. The summed E-state index contributed by atoms with van der Waals surface area (Å²) in [5.41, 5.74) is 2.40. The molecule has 2 fully saturated rings. The Balaban J connectivity index is 1.60. The smallest absolute Gasteiger partial charge is 0.411 e. The van der Waals surface area contributed by atoms with Crippen LogP contribution in [0.1, 0.15) is 38.2 Å². The van der Waals surface area contributed by atoms with Crippen molar-refractivity contribution < 1.29 is 9.53 Å². The fraction of sp³-hybridized carbons (Fsp3) is 0.579. The summed E-state index contributed by atoms with van der Waals surface area (Å²) in [6.07, 6.45) is 4.97. The number of hydrogen-bond donors (Lipinski definition) is 2. The number of carbonyl (C=O) groups excluding carboxylic acids is 1. The molecule has 1 amide bonds. The molecule has 1 saturated carbocycles. The molecule has 0 radical (unpaired) electrons. The minimum atomic E-state index is -0.459. The number of aliphatic imine (C=N–C) groups is 1. The van der Waals surface area contributed by atoms with Crippen LogP contribution < -0.4 is 10.6 Å². The second-order valence-electron chi connectivity index (χ2n) is 7.01. The van der Waals surface area contributed by atoms with E-state index in [1.165, 1.54) is 32.8 Å². The first-order valence-electron chi connectivity index (χ1n) is 9.11. The van der Waals surface area contributed by atoms with Gasteiger partial charge in [0.1, 0.15) is 0 Å². The van der Waals surface area contributed by atoms with Crippen molar-refractivity contribution >= 4 is 17.7 Å². The van der Waals surface area contributed by atoms with Crippen molar-refractivity contribution in [2.75, 3.05) is 32.1 Å². The van der Waals surface area contributed by atoms with Crippen molar-refractivity contribution in [2.24, 2.45) is 10.4 Å². The predicted octanol–water partition coefficient (Wildman–Crippen LogP) is 3.21. The van der Waals surface area contributed by atoms with Gasteiger partial charge in [-0.2, -0.15) is 0 Å². The maximum absolute atomic E-state index is 11.2. The van der Waals surface area contributed by atoms with Crippen molar-refractivity contribution in [1.82, 2.24) is 10.2 Å². The number of rotatable bonds is 4. The number of anilines is 1. The highest BCUT2D eigenvalue weighted by molar-refractivity contribution is 5.84. The van der Waals surface area contributed by atoms with Gasteiger partial charge in [-0.3, -0.25) is 5.32 Å². The lowest BCUT2D eigenvalue weighted by atomic mass is 9.68. The van der Waals surface area contributed by atoms with E-state index in [0.717, 1.165) is 36.8 Å². The van der Waals surface area contributed by atoms with Gasteiger partial charge in [0.15, 0.2) is 5.96 Å². The molecular weight excluding hydrogens is 316 g/mol. The molecule has 0 bridgehead atoms. The van der Waals surface area contributed by atoms with E-state index < -0.39 is 6.09 Å². The van der Waals surface area contributed by atoms with E-state index in [9.17, 15) is 4.79 Å². The number of likely N-dealkylation sites (tertiary alicyclic amines) is 1. The highest BCUT2D eigenvalue weighted by Crippen LogP contribution is 2.47. The van der Waals surface area contributed by atoms with Crippen LogP contribution in [0.2, 0.25) is 0 Å². The molecule has 1 aromatic carbocycles. The summed E-state index contributed by atoms with van der Waals surface area (Å²) in [5.74, 6) is 1.02. The molecule has 1 saturated heterocycles. The van der Waals surface area contributed by atoms with E-state index >= 15 is 0 Å². The highest BCUT2D eigenvalue weighted by atomic mass is 16.5. The molecule has 6 nitrogen and oxygen atoms in total. The molecule has 25 heavy (non-hydrogen) atoms. The minimum absolute atomic E-state index is 0.459. The molecule has 1 heterocycles. The molecular formula is C19H28N4O2. The van der Waals surface area contributed by atoms with Gasteiger partial charge in [0, 0.05) is 25.3 Å². The van der Waals surface area contributed by atoms with Gasteiger partial charge < -0.3 is 15.0 Å².